The maximum absolute atomic E-state index is 5.94. The van der Waals surface area contributed by atoms with E-state index in [1.54, 1.807) is 0 Å². The van der Waals surface area contributed by atoms with E-state index in [1.807, 2.05) is 18.2 Å². The standard InChI is InChI=1S/C17H17N3O/c18-13-8-9-14-16(11-13)21-17(19-14)20-10-4-3-6-12-5-1-2-7-15(12)20/h1-2,5,7-9,11H,3-4,6,10,18H2. The Labute approximate surface area is 123 Å². The normalized spacial score (nSPS) is 15.0. The molecule has 0 saturated heterocycles. The van der Waals surface area contributed by atoms with Crippen molar-refractivity contribution in [1.29, 1.82) is 0 Å². The van der Waals surface area contributed by atoms with Gasteiger partial charge in [-0.1, -0.05) is 18.2 Å². The fraction of sp³-hybridized carbons (Fsp3) is 0.235. The molecule has 0 radical (unpaired) electrons. The van der Waals surface area contributed by atoms with Gasteiger partial charge in [0.1, 0.15) is 5.52 Å². The van der Waals surface area contributed by atoms with Crippen molar-refractivity contribution in [3.05, 3.63) is 48.0 Å². The van der Waals surface area contributed by atoms with Gasteiger partial charge in [-0.3, -0.25) is 4.90 Å². The second-order valence-electron chi connectivity index (χ2n) is 5.46. The third-order valence-corrected chi connectivity index (χ3v) is 3.99. The number of rotatable bonds is 1. The highest BCUT2D eigenvalue weighted by atomic mass is 16.4. The van der Waals surface area contributed by atoms with Gasteiger partial charge in [0.2, 0.25) is 0 Å². The summed E-state index contributed by atoms with van der Waals surface area (Å²) in [4.78, 5) is 6.80. The first-order valence-electron chi connectivity index (χ1n) is 7.33. The summed E-state index contributed by atoms with van der Waals surface area (Å²) in [7, 11) is 0. The molecule has 4 nitrogen and oxygen atoms in total. The predicted molar refractivity (Wildman–Crippen MR) is 84.8 cm³/mol. The molecule has 1 aliphatic heterocycles. The van der Waals surface area contributed by atoms with Crippen LogP contribution in [-0.4, -0.2) is 11.5 Å². The summed E-state index contributed by atoms with van der Waals surface area (Å²) in [6.45, 7) is 0.930. The topological polar surface area (TPSA) is 55.3 Å². The average molecular weight is 279 g/mol. The van der Waals surface area contributed by atoms with Crippen molar-refractivity contribution in [3.8, 4) is 0 Å². The van der Waals surface area contributed by atoms with Crippen molar-refractivity contribution in [2.24, 2.45) is 0 Å². The Hall–Kier alpha value is -2.49. The molecule has 0 unspecified atom stereocenters. The first kappa shape index (κ1) is 12.3. The third kappa shape index (κ3) is 2.13. The zero-order valence-corrected chi connectivity index (χ0v) is 11.7. The Bertz CT molecular complexity index is 794. The quantitative estimate of drug-likeness (QED) is 0.687. The molecular weight excluding hydrogens is 262 g/mol. The van der Waals surface area contributed by atoms with Crippen LogP contribution in [0.5, 0.6) is 0 Å². The highest BCUT2D eigenvalue weighted by Crippen LogP contribution is 2.34. The largest absolute Gasteiger partial charge is 0.423 e. The van der Waals surface area contributed by atoms with Gasteiger partial charge in [0.15, 0.2) is 5.58 Å². The lowest BCUT2D eigenvalue weighted by Gasteiger charge is -2.20. The van der Waals surface area contributed by atoms with Crippen LogP contribution in [0.1, 0.15) is 18.4 Å². The van der Waals surface area contributed by atoms with Gasteiger partial charge in [0.25, 0.3) is 0 Å². The summed E-state index contributed by atoms with van der Waals surface area (Å²) in [5, 5.41) is 0. The number of benzene rings is 2. The maximum atomic E-state index is 5.94. The molecule has 0 aliphatic carbocycles. The molecule has 3 aromatic rings. The number of oxazole rings is 1. The molecule has 4 heteroatoms. The molecule has 2 heterocycles. The van der Waals surface area contributed by atoms with Gasteiger partial charge in [-0.15, -0.1) is 0 Å². The number of nitrogen functional groups attached to an aromatic ring is 1. The number of hydrogen-bond acceptors (Lipinski definition) is 4. The SMILES string of the molecule is Nc1ccc2nc(N3CCCCc4ccccc43)oc2c1. The van der Waals surface area contributed by atoms with Crippen molar-refractivity contribution in [1.82, 2.24) is 4.98 Å². The number of aryl methyl sites for hydroxylation is 1. The summed E-state index contributed by atoms with van der Waals surface area (Å²) >= 11 is 0. The zero-order chi connectivity index (χ0) is 14.2. The molecule has 0 saturated carbocycles. The van der Waals surface area contributed by atoms with E-state index in [2.05, 4.69) is 34.1 Å². The minimum absolute atomic E-state index is 0.657. The fourth-order valence-electron chi connectivity index (χ4n) is 2.93. The summed E-state index contributed by atoms with van der Waals surface area (Å²) in [5.41, 5.74) is 10.7. The molecule has 0 amide bonds. The summed E-state index contributed by atoms with van der Waals surface area (Å²) < 4.78 is 5.94. The lowest BCUT2D eigenvalue weighted by molar-refractivity contribution is 0.588. The second kappa shape index (κ2) is 4.81. The van der Waals surface area contributed by atoms with Crippen LogP contribution in [0.3, 0.4) is 0 Å². The Balaban J connectivity index is 1.84. The van der Waals surface area contributed by atoms with E-state index in [1.165, 1.54) is 17.7 Å². The van der Waals surface area contributed by atoms with Gasteiger partial charge >= 0.3 is 6.01 Å². The highest BCUT2D eigenvalue weighted by molar-refractivity contribution is 5.79. The number of nitrogens with zero attached hydrogens (tertiary/aromatic N) is 2. The van der Waals surface area contributed by atoms with E-state index < -0.39 is 0 Å². The molecule has 106 valence electrons. The van der Waals surface area contributed by atoms with E-state index in [9.17, 15) is 0 Å². The van der Waals surface area contributed by atoms with Crippen LogP contribution in [0.4, 0.5) is 17.4 Å². The number of para-hydroxylation sites is 1. The average Bonchev–Trinajstić information content (AvgIpc) is 2.78. The summed E-state index contributed by atoms with van der Waals surface area (Å²) in [6.07, 6.45) is 3.44. The molecular formula is C17H17N3O. The zero-order valence-electron chi connectivity index (χ0n) is 11.7. The Morgan fingerprint density at radius 1 is 1.10 bits per heavy atom. The Morgan fingerprint density at radius 3 is 2.95 bits per heavy atom. The molecule has 2 N–H and O–H groups in total. The van der Waals surface area contributed by atoms with Crippen molar-refractivity contribution in [2.45, 2.75) is 19.3 Å². The second-order valence-corrected chi connectivity index (χ2v) is 5.46. The van der Waals surface area contributed by atoms with Crippen molar-refractivity contribution >= 4 is 28.5 Å². The molecule has 0 bridgehead atoms. The van der Waals surface area contributed by atoms with E-state index in [4.69, 9.17) is 10.2 Å². The van der Waals surface area contributed by atoms with E-state index in [-0.39, 0.29) is 0 Å². The van der Waals surface area contributed by atoms with Crippen LogP contribution in [-0.2, 0) is 6.42 Å². The summed E-state index contributed by atoms with van der Waals surface area (Å²) in [5.74, 6) is 0. The van der Waals surface area contributed by atoms with Gasteiger partial charge in [0, 0.05) is 24.0 Å². The molecule has 0 fully saturated rings. The molecule has 0 spiro atoms. The van der Waals surface area contributed by atoms with E-state index in [0.717, 1.165) is 30.5 Å². The maximum Gasteiger partial charge on any atom is 0.302 e. The van der Waals surface area contributed by atoms with E-state index >= 15 is 0 Å². The highest BCUT2D eigenvalue weighted by Gasteiger charge is 2.20. The minimum atomic E-state index is 0.657. The van der Waals surface area contributed by atoms with Crippen LogP contribution < -0.4 is 10.6 Å². The lowest BCUT2D eigenvalue weighted by atomic mass is 10.1. The Morgan fingerprint density at radius 2 is 2.00 bits per heavy atom. The van der Waals surface area contributed by atoms with Crippen LogP contribution in [0.15, 0.2) is 46.9 Å². The van der Waals surface area contributed by atoms with Gasteiger partial charge in [-0.05, 0) is 43.0 Å². The minimum Gasteiger partial charge on any atom is -0.423 e. The number of anilines is 3. The molecule has 1 aliphatic rings. The number of fused-ring (bicyclic) bond motifs is 2. The molecule has 4 rings (SSSR count). The van der Waals surface area contributed by atoms with Gasteiger partial charge in [-0.25, -0.2) is 0 Å². The van der Waals surface area contributed by atoms with E-state index in [0.29, 0.717) is 11.7 Å². The van der Waals surface area contributed by atoms with Gasteiger partial charge in [-0.2, -0.15) is 4.98 Å². The molecule has 0 atom stereocenters. The fourth-order valence-corrected chi connectivity index (χ4v) is 2.93. The third-order valence-electron chi connectivity index (χ3n) is 3.99. The first-order chi connectivity index (χ1) is 10.3. The van der Waals surface area contributed by atoms with Crippen molar-refractivity contribution < 1.29 is 4.42 Å². The molecule has 1 aromatic heterocycles. The lowest BCUT2D eigenvalue weighted by Crippen LogP contribution is -2.18. The number of hydrogen-bond donors (Lipinski definition) is 1. The van der Waals surface area contributed by atoms with Crippen molar-refractivity contribution in [3.63, 3.8) is 0 Å². The molecule has 2 aromatic carbocycles. The summed E-state index contributed by atoms with van der Waals surface area (Å²) in [6, 6.07) is 14.7. The number of aromatic nitrogens is 1. The monoisotopic (exact) mass is 279 g/mol. The smallest absolute Gasteiger partial charge is 0.302 e. The van der Waals surface area contributed by atoms with Crippen LogP contribution >= 0.6 is 0 Å². The Kier molecular flexibility index (Phi) is 2.81. The first-order valence-corrected chi connectivity index (χ1v) is 7.33. The number of nitrogens with two attached hydrogens (primary N) is 1. The van der Waals surface area contributed by atoms with Gasteiger partial charge < -0.3 is 10.2 Å². The molecule has 21 heavy (non-hydrogen) atoms. The van der Waals surface area contributed by atoms with Crippen molar-refractivity contribution in [2.75, 3.05) is 17.2 Å². The van der Waals surface area contributed by atoms with Gasteiger partial charge in [0.05, 0.1) is 0 Å². The van der Waals surface area contributed by atoms with Crippen LogP contribution in [0.2, 0.25) is 0 Å². The van der Waals surface area contributed by atoms with Crippen LogP contribution in [0.25, 0.3) is 11.1 Å². The predicted octanol–water partition coefficient (Wildman–Crippen LogP) is 3.88. The van der Waals surface area contributed by atoms with Crippen LogP contribution in [0, 0.1) is 0 Å².